The Bertz CT molecular complexity index is 1410. The number of amides is 3. The number of hydrogen-bond acceptors (Lipinski definition) is 6. The monoisotopic (exact) mass is 579 g/mol. The molecule has 0 aliphatic rings. The lowest BCUT2D eigenvalue weighted by Crippen LogP contribution is -2.58. The zero-order valence-corrected chi connectivity index (χ0v) is 23.5. The predicted octanol–water partition coefficient (Wildman–Crippen LogP) is 1.34. The van der Waals surface area contributed by atoms with E-state index in [1.54, 1.807) is 50.4 Å². The first-order valence-electron chi connectivity index (χ1n) is 13.7. The van der Waals surface area contributed by atoms with E-state index in [1.165, 1.54) is 0 Å². The van der Waals surface area contributed by atoms with Crippen molar-refractivity contribution in [3.05, 3.63) is 71.9 Å². The van der Waals surface area contributed by atoms with Crippen LogP contribution in [0.3, 0.4) is 0 Å². The molecule has 0 radical (unpaired) electrons. The molecule has 2 aromatic carbocycles. The number of carbonyl (C=O) groups excluding carboxylic acids is 3. The van der Waals surface area contributed by atoms with Crippen LogP contribution in [0.5, 0.6) is 0 Å². The molecule has 8 N–H and O–H groups in total. The highest BCUT2D eigenvalue weighted by molar-refractivity contribution is 5.95. The number of aliphatic carboxylic acids is 2. The van der Waals surface area contributed by atoms with Crippen LogP contribution in [-0.2, 0) is 36.8 Å². The van der Waals surface area contributed by atoms with E-state index in [-0.39, 0.29) is 25.7 Å². The van der Waals surface area contributed by atoms with Crippen LogP contribution in [-0.4, -0.2) is 69.0 Å². The summed E-state index contributed by atoms with van der Waals surface area (Å²) >= 11 is 0. The van der Waals surface area contributed by atoms with E-state index in [9.17, 15) is 29.1 Å². The van der Waals surface area contributed by atoms with Gasteiger partial charge in [-0.15, -0.1) is 0 Å². The molecule has 0 spiro atoms. The number of fused-ring (bicyclic) bond motifs is 1. The van der Waals surface area contributed by atoms with Gasteiger partial charge in [0.05, 0.1) is 6.04 Å². The molecule has 3 aromatic rings. The van der Waals surface area contributed by atoms with Crippen molar-refractivity contribution in [2.75, 3.05) is 0 Å². The van der Waals surface area contributed by atoms with Gasteiger partial charge in [0, 0.05) is 36.4 Å². The molecule has 0 saturated heterocycles. The minimum absolute atomic E-state index is 0.0384. The molecule has 12 heteroatoms. The van der Waals surface area contributed by atoms with Gasteiger partial charge >= 0.3 is 11.9 Å². The lowest BCUT2D eigenvalue weighted by molar-refractivity contribution is -0.143. The summed E-state index contributed by atoms with van der Waals surface area (Å²) in [6.07, 6.45) is 1.36. The summed E-state index contributed by atoms with van der Waals surface area (Å²) in [4.78, 5) is 65.8. The Morgan fingerprint density at radius 1 is 0.810 bits per heavy atom. The van der Waals surface area contributed by atoms with Crippen LogP contribution in [0, 0.1) is 5.92 Å². The van der Waals surface area contributed by atoms with E-state index in [0.717, 1.165) is 22.0 Å². The van der Waals surface area contributed by atoms with Crippen LogP contribution in [0.4, 0.5) is 0 Å². The highest BCUT2D eigenvalue weighted by Gasteiger charge is 2.32. The summed E-state index contributed by atoms with van der Waals surface area (Å²) in [6, 6.07) is 11.6. The predicted molar refractivity (Wildman–Crippen MR) is 155 cm³/mol. The average molecular weight is 580 g/mol. The Hall–Kier alpha value is -4.71. The summed E-state index contributed by atoms with van der Waals surface area (Å²) in [5.74, 6) is -4.83. The third kappa shape index (κ3) is 8.90. The lowest BCUT2D eigenvalue weighted by Gasteiger charge is -2.26. The summed E-state index contributed by atoms with van der Waals surface area (Å²) in [5.41, 5.74) is 8.18. The van der Waals surface area contributed by atoms with E-state index in [1.807, 2.05) is 24.3 Å². The number of H-pyrrole nitrogens is 1. The van der Waals surface area contributed by atoms with Crippen LogP contribution < -0.4 is 21.7 Å². The van der Waals surface area contributed by atoms with Crippen LogP contribution in [0.2, 0.25) is 0 Å². The molecule has 0 fully saturated rings. The Morgan fingerprint density at radius 3 is 2.05 bits per heavy atom. The van der Waals surface area contributed by atoms with Crippen LogP contribution in [0.15, 0.2) is 60.8 Å². The quantitative estimate of drug-likeness (QED) is 0.140. The molecule has 1 heterocycles. The number of hydrogen-bond donors (Lipinski definition) is 7. The molecule has 3 amide bonds. The number of nitrogens with two attached hydrogens (primary N) is 1. The van der Waals surface area contributed by atoms with Crippen molar-refractivity contribution in [1.82, 2.24) is 20.9 Å². The number of carboxylic acid groups (broad SMARTS) is 2. The lowest BCUT2D eigenvalue weighted by atomic mass is 10.00. The topological polar surface area (TPSA) is 204 Å². The SMILES string of the molecule is CC(C)C(NC(=O)C(Cc1ccccc1)NC(=O)C(Cc1c[nH]c2ccccc12)NC(=O)C(N)CCC(=O)O)C(=O)O. The largest absolute Gasteiger partial charge is 0.481 e. The van der Waals surface area contributed by atoms with Gasteiger partial charge in [-0.05, 0) is 29.5 Å². The number of aromatic amines is 1. The molecule has 224 valence electrons. The summed E-state index contributed by atoms with van der Waals surface area (Å²) in [6.45, 7) is 3.31. The second kappa shape index (κ2) is 14.8. The van der Waals surface area contributed by atoms with Crippen molar-refractivity contribution >= 4 is 40.6 Å². The third-order valence-corrected chi connectivity index (χ3v) is 6.88. The number of para-hydroxylation sites is 1. The number of benzene rings is 2. The maximum absolute atomic E-state index is 13.7. The molecule has 0 aliphatic carbocycles. The Balaban J connectivity index is 1.88. The zero-order valence-electron chi connectivity index (χ0n) is 23.5. The minimum atomic E-state index is -1.21. The fourth-order valence-corrected chi connectivity index (χ4v) is 4.52. The summed E-state index contributed by atoms with van der Waals surface area (Å²) < 4.78 is 0. The Labute approximate surface area is 243 Å². The fraction of sp³-hybridized carbons (Fsp3) is 0.367. The van der Waals surface area contributed by atoms with Crippen LogP contribution >= 0.6 is 0 Å². The van der Waals surface area contributed by atoms with E-state index in [0.29, 0.717) is 0 Å². The third-order valence-electron chi connectivity index (χ3n) is 6.88. The normalized spacial score (nSPS) is 14.0. The molecule has 0 aliphatic heterocycles. The van der Waals surface area contributed by atoms with Gasteiger partial charge in [0.2, 0.25) is 17.7 Å². The van der Waals surface area contributed by atoms with Gasteiger partial charge in [-0.3, -0.25) is 19.2 Å². The van der Waals surface area contributed by atoms with Gasteiger partial charge in [0.1, 0.15) is 18.1 Å². The average Bonchev–Trinajstić information content (AvgIpc) is 3.36. The molecule has 0 bridgehead atoms. The van der Waals surface area contributed by atoms with Gasteiger partial charge in [-0.25, -0.2) is 4.79 Å². The molecule has 1 aromatic heterocycles. The molecule has 3 rings (SSSR count). The van der Waals surface area contributed by atoms with Crippen molar-refractivity contribution < 1.29 is 34.2 Å². The first-order chi connectivity index (χ1) is 20.0. The molecule has 12 nitrogen and oxygen atoms in total. The van der Waals surface area contributed by atoms with Gasteiger partial charge in [-0.2, -0.15) is 0 Å². The van der Waals surface area contributed by atoms with Crippen LogP contribution in [0.1, 0.15) is 37.8 Å². The number of rotatable bonds is 15. The van der Waals surface area contributed by atoms with Crippen molar-refractivity contribution in [3.63, 3.8) is 0 Å². The van der Waals surface area contributed by atoms with E-state index in [2.05, 4.69) is 20.9 Å². The Morgan fingerprint density at radius 2 is 1.40 bits per heavy atom. The molecule has 4 atom stereocenters. The van der Waals surface area contributed by atoms with E-state index in [4.69, 9.17) is 10.8 Å². The molecule has 0 saturated carbocycles. The first-order valence-corrected chi connectivity index (χ1v) is 13.7. The fourth-order valence-electron chi connectivity index (χ4n) is 4.52. The van der Waals surface area contributed by atoms with Crippen LogP contribution in [0.25, 0.3) is 10.9 Å². The second-order valence-electron chi connectivity index (χ2n) is 10.5. The highest BCUT2D eigenvalue weighted by atomic mass is 16.4. The van der Waals surface area contributed by atoms with Gasteiger partial charge in [0.25, 0.3) is 0 Å². The van der Waals surface area contributed by atoms with Crippen molar-refractivity contribution in [2.24, 2.45) is 11.7 Å². The number of carbonyl (C=O) groups is 5. The molecular weight excluding hydrogens is 542 g/mol. The Kier molecular flexibility index (Phi) is 11.2. The number of nitrogens with one attached hydrogen (secondary N) is 4. The molecular formula is C30H37N5O7. The van der Waals surface area contributed by atoms with Crippen molar-refractivity contribution in [1.29, 1.82) is 0 Å². The van der Waals surface area contributed by atoms with Gasteiger partial charge in [-0.1, -0.05) is 62.4 Å². The number of aromatic nitrogens is 1. The van der Waals surface area contributed by atoms with Crippen molar-refractivity contribution in [3.8, 4) is 0 Å². The van der Waals surface area contributed by atoms with E-state index >= 15 is 0 Å². The standard InChI is InChI=1S/C30H37N5O7/c1-17(2)26(30(41)42)35-29(40)23(14-18-8-4-3-5-9-18)34-28(39)24(33-27(38)21(31)12-13-25(36)37)15-19-16-32-22-11-7-6-10-20(19)22/h3-11,16-17,21,23-24,26,32H,12-15,31H2,1-2H3,(H,33,38)(H,34,39)(H,35,40)(H,36,37)(H,41,42). The molecule has 4 unspecified atom stereocenters. The highest BCUT2D eigenvalue weighted by Crippen LogP contribution is 2.19. The maximum atomic E-state index is 13.7. The first kappa shape index (κ1) is 31.8. The summed E-state index contributed by atoms with van der Waals surface area (Å²) in [7, 11) is 0. The number of carboxylic acids is 2. The van der Waals surface area contributed by atoms with Gasteiger partial charge in [0.15, 0.2) is 0 Å². The smallest absolute Gasteiger partial charge is 0.326 e. The van der Waals surface area contributed by atoms with Gasteiger partial charge < -0.3 is 36.9 Å². The zero-order chi connectivity index (χ0) is 30.8. The summed E-state index contributed by atoms with van der Waals surface area (Å²) in [5, 5.41) is 27.2. The van der Waals surface area contributed by atoms with Crippen molar-refractivity contribution in [2.45, 2.75) is 63.7 Å². The maximum Gasteiger partial charge on any atom is 0.326 e. The minimum Gasteiger partial charge on any atom is -0.481 e. The molecule has 42 heavy (non-hydrogen) atoms. The second-order valence-corrected chi connectivity index (χ2v) is 10.5. The van der Waals surface area contributed by atoms with E-state index < -0.39 is 59.7 Å².